The second kappa shape index (κ2) is 9.27. The summed E-state index contributed by atoms with van der Waals surface area (Å²) >= 11 is 1.28. The first-order valence-corrected chi connectivity index (χ1v) is 11.9. The number of fused-ring (bicyclic) bond motifs is 3. The number of carbonyl (C=O) groups is 1. The van der Waals surface area contributed by atoms with Crippen LogP contribution in [0.4, 0.5) is 5.69 Å². The summed E-state index contributed by atoms with van der Waals surface area (Å²) in [6.07, 6.45) is 0. The highest BCUT2D eigenvalue weighted by Gasteiger charge is 2.22. The number of methoxy groups -OCH3 is 1. The Hall–Kier alpha value is -4.11. The van der Waals surface area contributed by atoms with E-state index in [0.29, 0.717) is 33.3 Å². The average molecular weight is 486 g/mol. The highest BCUT2D eigenvalue weighted by molar-refractivity contribution is 8.00. The van der Waals surface area contributed by atoms with Crippen LogP contribution < -0.4 is 15.6 Å². The normalized spacial score (nSPS) is 12.1. The van der Waals surface area contributed by atoms with Crippen molar-refractivity contribution in [2.45, 2.75) is 24.3 Å². The minimum atomic E-state index is -0.470. The molecule has 0 fully saturated rings. The van der Waals surface area contributed by atoms with Crippen molar-refractivity contribution in [1.29, 1.82) is 0 Å². The molecule has 8 nitrogen and oxygen atoms in total. The SMILES string of the molecule is COc1ccc(NC(=O)C(C)Sc2nnc3n(-c4ccccc4C)c(=O)c4ccccc4n23)cc1. The van der Waals surface area contributed by atoms with Gasteiger partial charge < -0.3 is 10.1 Å². The van der Waals surface area contributed by atoms with Crippen LogP contribution in [0.3, 0.4) is 0 Å². The fourth-order valence-corrected chi connectivity index (χ4v) is 4.77. The van der Waals surface area contributed by atoms with Gasteiger partial charge in [0.2, 0.25) is 11.7 Å². The van der Waals surface area contributed by atoms with Crippen molar-refractivity contribution in [3.63, 3.8) is 0 Å². The van der Waals surface area contributed by atoms with Gasteiger partial charge >= 0.3 is 0 Å². The third-order valence-electron chi connectivity index (χ3n) is 5.76. The Morgan fingerprint density at radius 1 is 1.00 bits per heavy atom. The summed E-state index contributed by atoms with van der Waals surface area (Å²) in [4.78, 5) is 26.4. The molecule has 5 rings (SSSR count). The summed E-state index contributed by atoms with van der Waals surface area (Å²) in [6.45, 7) is 3.76. The molecule has 0 aliphatic carbocycles. The average Bonchev–Trinajstić information content (AvgIpc) is 3.29. The fraction of sp³-hybridized carbons (Fsp3) is 0.154. The van der Waals surface area contributed by atoms with Crippen molar-refractivity contribution in [1.82, 2.24) is 19.2 Å². The number of hydrogen-bond donors (Lipinski definition) is 1. The summed E-state index contributed by atoms with van der Waals surface area (Å²) in [5.74, 6) is 0.939. The Morgan fingerprint density at radius 3 is 2.46 bits per heavy atom. The summed E-state index contributed by atoms with van der Waals surface area (Å²) in [7, 11) is 1.59. The third-order valence-corrected chi connectivity index (χ3v) is 6.80. The highest BCUT2D eigenvalue weighted by atomic mass is 32.2. The third kappa shape index (κ3) is 4.15. The number of rotatable bonds is 6. The first-order valence-electron chi connectivity index (χ1n) is 11.0. The fourth-order valence-electron chi connectivity index (χ4n) is 3.92. The first-order chi connectivity index (χ1) is 17.0. The lowest BCUT2D eigenvalue weighted by Gasteiger charge is -2.14. The molecule has 0 saturated heterocycles. The van der Waals surface area contributed by atoms with Gasteiger partial charge in [0.15, 0.2) is 5.16 Å². The molecule has 1 atom stereocenters. The number of benzene rings is 3. The van der Waals surface area contributed by atoms with Gasteiger partial charge in [0, 0.05) is 5.69 Å². The molecule has 0 aliphatic heterocycles. The molecule has 0 aliphatic rings. The quantitative estimate of drug-likeness (QED) is 0.357. The summed E-state index contributed by atoms with van der Waals surface area (Å²) < 4.78 is 8.58. The van der Waals surface area contributed by atoms with Crippen molar-refractivity contribution >= 4 is 40.0 Å². The lowest BCUT2D eigenvalue weighted by atomic mass is 10.2. The maximum absolute atomic E-state index is 13.5. The van der Waals surface area contributed by atoms with E-state index in [0.717, 1.165) is 11.3 Å². The van der Waals surface area contributed by atoms with Gasteiger partial charge in [0.05, 0.1) is 29.0 Å². The summed E-state index contributed by atoms with van der Waals surface area (Å²) in [5.41, 5.74) is 2.87. The van der Waals surface area contributed by atoms with E-state index in [4.69, 9.17) is 4.74 Å². The number of nitrogens with zero attached hydrogens (tertiary/aromatic N) is 4. The standard InChI is InChI=1S/C26H23N5O3S/c1-16-8-4-6-10-21(16)30-24(33)20-9-5-7-11-22(20)31-25(30)28-29-26(31)35-17(2)23(32)27-18-12-14-19(34-3)15-13-18/h4-15,17H,1-3H3,(H,27,32). The minimum absolute atomic E-state index is 0.170. The number of carbonyl (C=O) groups excluding carboxylic acids is 1. The van der Waals surface area contributed by atoms with E-state index in [1.165, 1.54) is 11.8 Å². The van der Waals surface area contributed by atoms with Crippen LogP contribution in [0.2, 0.25) is 0 Å². The number of aryl methyl sites for hydroxylation is 1. The molecule has 3 aromatic carbocycles. The van der Waals surface area contributed by atoms with E-state index >= 15 is 0 Å². The molecular weight excluding hydrogens is 462 g/mol. The number of ether oxygens (including phenoxy) is 1. The molecule has 2 aromatic heterocycles. The van der Waals surface area contributed by atoms with Crippen LogP contribution in [0.5, 0.6) is 5.75 Å². The highest BCUT2D eigenvalue weighted by Crippen LogP contribution is 2.27. The first kappa shape index (κ1) is 22.7. The van der Waals surface area contributed by atoms with E-state index in [1.807, 2.05) is 60.7 Å². The van der Waals surface area contributed by atoms with Crippen LogP contribution >= 0.6 is 11.8 Å². The van der Waals surface area contributed by atoms with E-state index in [9.17, 15) is 9.59 Å². The predicted molar refractivity (Wildman–Crippen MR) is 138 cm³/mol. The van der Waals surface area contributed by atoms with Crippen molar-refractivity contribution in [2.24, 2.45) is 0 Å². The predicted octanol–water partition coefficient (Wildman–Crippen LogP) is 4.47. The maximum atomic E-state index is 13.5. The van der Waals surface area contributed by atoms with Gasteiger partial charge in [-0.25, -0.2) is 4.57 Å². The van der Waals surface area contributed by atoms with Crippen LogP contribution in [0.15, 0.2) is 82.7 Å². The number of aromatic nitrogens is 4. The molecular formula is C26H23N5O3S. The van der Waals surface area contributed by atoms with E-state index in [-0.39, 0.29) is 11.5 Å². The van der Waals surface area contributed by atoms with Gasteiger partial charge in [-0.05, 0) is 61.9 Å². The van der Waals surface area contributed by atoms with Crippen molar-refractivity contribution in [3.8, 4) is 11.4 Å². The Labute approximate surface area is 205 Å². The Bertz CT molecular complexity index is 1610. The molecule has 5 aromatic rings. The lowest BCUT2D eigenvalue weighted by Crippen LogP contribution is -2.24. The zero-order valence-electron chi connectivity index (χ0n) is 19.4. The van der Waals surface area contributed by atoms with Gasteiger partial charge in [-0.1, -0.05) is 42.1 Å². The van der Waals surface area contributed by atoms with E-state index < -0.39 is 5.25 Å². The molecule has 1 N–H and O–H groups in total. The zero-order valence-corrected chi connectivity index (χ0v) is 20.2. The largest absolute Gasteiger partial charge is 0.497 e. The molecule has 0 radical (unpaired) electrons. The monoisotopic (exact) mass is 485 g/mol. The van der Waals surface area contributed by atoms with E-state index in [2.05, 4.69) is 15.5 Å². The van der Waals surface area contributed by atoms with Crippen LogP contribution in [-0.2, 0) is 4.79 Å². The Morgan fingerprint density at radius 2 is 1.71 bits per heavy atom. The Kier molecular flexibility index (Phi) is 6.00. The lowest BCUT2D eigenvalue weighted by molar-refractivity contribution is -0.115. The van der Waals surface area contributed by atoms with Crippen LogP contribution in [0, 0.1) is 6.92 Å². The van der Waals surface area contributed by atoms with Crippen LogP contribution in [0.1, 0.15) is 12.5 Å². The molecule has 1 amide bonds. The number of para-hydroxylation sites is 2. The van der Waals surface area contributed by atoms with E-state index in [1.54, 1.807) is 42.0 Å². The molecule has 2 heterocycles. The van der Waals surface area contributed by atoms with Crippen molar-refractivity contribution < 1.29 is 9.53 Å². The molecule has 0 bridgehead atoms. The molecule has 176 valence electrons. The van der Waals surface area contributed by atoms with Gasteiger partial charge in [-0.15, -0.1) is 10.2 Å². The van der Waals surface area contributed by atoms with Crippen LogP contribution in [-0.4, -0.2) is 37.4 Å². The molecule has 35 heavy (non-hydrogen) atoms. The summed E-state index contributed by atoms with van der Waals surface area (Å²) in [5, 5.41) is 12.3. The van der Waals surface area contributed by atoms with Gasteiger partial charge in [0.25, 0.3) is 5.56 Å². The Balaban J connectivity index is 1.56. The number of thioether (sulfide) groups is 1. The van der Waals surface area contributed by atoms with Gasteiger partial charge in [0.1, 0.15) is 5.75 Å². The number of amides is 1. The van der Waals surface area contributed by atoms with Gasteiger partial charge in [-0.2, -0.15) is 0 Å². The summed E-state index contributed by atoms with van der Waals surface area (Å²) in [6, 6.07) is 22.2. The number of hydrogen-bond acceptors (Lipinski definition) is 6. The second-order valence-electron chi connectivity index (χ2n) is 8.04. The molecule has 0 spiro atoms. The number of anilines is 1. The minimum Gasteiger partial charge on any atom is -0.497 e. The molecule has 0 saturated carbocycles. The van der Waals surface area contributed by atoms with Crippen molar-refractivity contribution in [2.75, 3.05) is 12.4 Å². The smallest absolute Gasteiger partial charge is 0.267 e. The second-order valence-corrected chi connectivity index (χ2v) is 9.35. The van der Waals surface area contributed by atoms with Crippen LogP contribution in [0.25, 0.3) is 22.4 Å². The zero-order chi connectivity index (χ0) is 24.5. The maximum Gasteiger partial charge on any atom is 0.267 e. The number of nitrogens with one attached hydrogen (secondary N) is 1. The van der Waals surface area contributed by atoms with Gasteiger partial charge in [-0.3, -0.25) is 14.0 Å². The molecule has 9 heteroatoms. The topological polar surface area (TPSA) is 90.5 Å². The molecule has 1 unspecified atom stereocenters. The van der Waals surface area contributed by atoms with Crippen molar-refractivity contribution in [3.05, 3.63) is 88.7 Å².